The maximum Gasteiger partial charge on any atom is 0.416 e. The number of carbonyl (C=O) groups is 1. The van der Waals surface area contributed by atoms with Crippen LogP contribution < -0.4 is 15.5 Å². The number of hydrogen-bond donors (Lipinski definition) is 2. The van der Waals surface area contributed by atoms with Crippen molar-refractivity contribution in [3.05, 3.63) is 63.6 Å². The normalized spacial score (nSPS) is 14.5. The van der Waals surface area contributed by atoms with Crippen molar-refractivity contribution in [2.24, 2.45) is 0 Å². The first-order valence-electron chi connectivity index (χ1n) is 9.42. The lowest BCUT2D eigenvalue weighted by Gasteiger charge is -2.31. The van der Waals surface area contributed by atoms with E-state index in [0.29, 0.717) is 47.6 Å². The minimum Gasteiger partial charge on any atom is -0.378 e. The van der Waals surface area contributed by atoms with Crippen molar-refractivity contribution < 1.29 is 22.7 Å². The van der Waals surface area contributed by atoms with E-state index in [0.717, 1.165) is 12.1 Å². The monoisotopic (exact) mass is 503 g/mol. The van der Waals surface area contributed by atoms with Gasteiger partial charge in [-0.05, 0) is 54.2 Å². The van der Waals surface area contributed by atoms with Gasteiger partial charge in [-0.15, -0.1) is 0 Å². The number of anilines is 2. The molecule has 0 radical (unpaired) electrons. The van der Waals surface area contributed by atoms with E-state index in [1.807, 2.05) is 4.90 Å². The summed E-state index contributed by atoms with van der Waals surface area (Å²) < 4.78 is 45.0. The van der Waals surface area contributed by atoms with Crippen LogP contribution >= 0.6 is 35.4 Å². The second kappa shape index (κ2) is 10.5. The first kappa shape index (κ1) is 24.3. The van der Waals surface area contributed by atoms with Gasteiger partial charge in [0.15, 0.2) is 5.11 Å². The molecule has 5 nitrogen and oxygen atoms in total. The summed E-state index contributed by atoms with van der Waals surface area (Å²) in [5, 5.41) is 5.80. The van der Waals surface area contributed by atoms with E-state index in [-0.39, 0.29) is 10.8 Å². The van der Waals surface area contributed by atoms with Gasteiger partial charge in [0.25, 0.3) is 0 Å². The quantitative estimate of drug-likeness (QED) is 0.433. The Kier molecular flexibility index (Phi) is 8.00. The lowest BCUT2D eigenvalue weighted by atomic mass is 10.1. The number of ether oxygens (including phenoxy) is 1. The highest BCUT2D eigenvalue weighted by atomic mass is 35.5. The van der Waals surface area contributed by atoms with Gasteiger partial charge in [0.2, 0.25) is 5.91 Å². The second-order valence-electron chi connectivity index (χ2n) is 6.77. The molecule has 0 aromatic heterocycles. The van der Waals surface area contributed by atoms with Gasteiger partial charge in [0.05, 0.1) is 30.2 Å². The van der Waals surface area contributed by atoms with E-state index in [9.17, 15) is 18.0 Å². The predicted molar refractivity (Wildman–Crippen MR) is 124 cm³/mol. The van der Waals surface area contributed by atoms with E-state index in [1.54, 1.807) is 12.1 Å². The zero-order valence-corrected chi connectivity index (χ0v) is 18.8. The fraction of sp³-hybridized carbons (Fsp3) is 0.238. The highest BCUT2D eigenvalue weighted by Gasteiger charge is 2.31. The van der Waals surface area contributed by atoms with Gasteiger partial charge in [0, 0.05) is 29.2 Å². The van der Waals surface area contributed by atoms with Gasteiger partial charge in [0.1, 0.15) is 0 Å². The zero-order chi connectivity index (χ0) is 23.3. The molecule has 1 saturated heterocycles. The number of alkyl halides is 3. The number of benzene rings is 2. The minimum absolute atomic E-state index is 0.136. The summed E-state index contributed by atoms with van der Waals surface area (Å²) in [6, 6.07) is 8.15. The molecule has 0 saturated carbocycles. The first-order valence-corrected chi connectivity index (χ1v) is 10.6. The molecule has 0 atom stereocenters. The van der Waals surface area contributed by atoms with Crippen LogP contribution in [0.5, 0.6) is 0 Å². The van der Waals surface area contributed by atoms with Crippen molar-refractivity contribution in [3.8, 4) is 0 Å². The molecule has 3 rings (SSSR count). The van der Waals surface area contributed by atoms with Gasteiger partial charge in [-0.25, -0.2) is 0 Å². The SMILES string of the molecule is O=C(/C=C/c1ccc(Cl)cc1Cl)NC(=S)Nc1cc(C(F)(F)F)ccc1N1CCOCC1. The maximum atomic E-state index is 13.2. The van der Waals surface area contributed by atoms with Gasteiger partial charge in [-0.1, -0.05) is 29.3 Å². The maximum absolute atomic E-state index is 13.2. The van der Waals surface area contributed by atoms with Crippen LogP contribution in [0.15, 0.2) is 42.5 Å². The Morgan fingerprint density at radius 1 is 1.12 bits per heavy atom. The summed E-state index contributed by atoms with van der Waals surface area (Å²) in [6.45, 7) is 1.95. The van der Waals surface area contributed by atoms with E-state index >= 15 is 0 Å². The third-order valence-corrected chi connectivity index (χ3v) is 5.30. The fourth-order valence-electron chi connectivity index (χ4n) is 3.00. The molecule has 1 aliphatic rings. The van der Waals surface area contributed by atoms with Crippen molar-refractivity contribution in [1.29, 1.82) is 0 Å². The molecule has 2 aromatic rings. The van der Waals surface area contributed by atoms with E-state index in [2.05, 4.69) is 10.6 Å². The number of morpholine rings is 1. The van der Waals surface area contributed by atoms with E-state index in [1.165, 1.54) is 24.3 Å². The summed E-state index contributed by atoms with van der Waals surface area (Å²) in [4.78, 5) is 14.1. The average Bonchev–Trinajstić information content (AvgIpc) is 2.73. The number of amides is 1. The molecule has 1 amide bonds. The molecule has 1 fully saturated rings. The van der Waals surface area contributed by atoms with Crippen LogP contribution in [0.2, 0.25) is 10.0 Å². The van der Waals surface area contributed by atoms with Crippen LogP contribution in [0.3, 0.4) is 0 Å². The Morgan fingerprint density at radius 3 is 2.50 bits per heavy atom. The number of carbonyl (C=O) groups excluding carboxylic acids is 1. The molecule has 0 spiro atoms. The molecule has 0 aliphatic carbocycles. The van der Waals surface area contributed by atoms with Crippen LogP contribution in [0.25, 0.3) is 6.08 Å². The third-order valence-electron chi connectivity index (χ3n) is 4.54. The van der Waals surface area contributed by atoms with Gasteiger partial charge >= 0.3 is 6.18 Å². The largest absolute Gasteiger partial charge is 0.416 e. The van der Waals surface area contributed by atoms with Crippen LogP contribution in [-0.4, -0.2) is 37.3 Å². The third kappa shape index (κ3) is 6.59. The van der Waals surface area contributed by atoms with Crippen LogP contribution in [0, 0.1) is 0 Å². The summed E-state index contributed by atoms with van der Waals surface area (Å²) in [5.74, 6) is -0.576. The van der Waals surface area contributed by atoms with E-state index in [4.69, 9.17) is 40.2 Å². The second-order valence-corrected chi connectivity index (χ2v) is 8.02. The Bertz CT molecular complexity index is 1040. The minimum atomic E-state index is -4.52. The number of thiocarbonyl (C=S) groups is 1. The van der Waals surface area contributed by atoms with Gasteiger partial charge in [-0.2, -0.15) is 13.2 Å². The average molecular weight is 504 g/mol. The number of rotatable bonds is 4. The van der Waals surface area contributed by atoms with Crippen LogP contribution in [0.4, 0.5) is 24.5 Å². The molecule has 0 bridgehead atoms. The van der Waals surface area contributed by atoms with Crippen molar-refractivity contribution in [3.63, 3.8) is 0 Å². The summed E-state index contributed by atoms with van der Waals surface area (Å²) in [6.07, 6.45) is -1.84. The standard InChI is InChI=1S/C21H18Cl2F3N3O2S/c22-15-4-1-13(16(23)12-15)2-6-19(30)28-20(32)27-17-11-14(21(24,25)26)3-5-18(17)29-7-9-31-10-8-29/h1-6,11-12H,7-10H2,(H2,27,28,30,32)/b6-2+. The highest BCUT2D eigenvalue weighted by molar-refractivity contribution is 7.80. The van der Waals surface area contributed by atoms with Crippen molar-refractivity contribution in [2.45, 2.75) is 6.18 Å². The number of nitrogens with zero attached hydrogens (tertiary/aromatic N) is 1. The smallest absolute Gasteiger partial charge is 0.378 e. The molecule has 11 heteroatoms. The zero-order valence-electron chi connectivity index (χ0n) is 16.5. The lowest BCUT2D eigenvalue weighted by Crippen LogP contribution is -2.38. The fourth-order valence-corrected chi connectivity index (χ4v) is 3.68. The number of halogens is 5. The topological polar surface area (TPSA) is 53.6 Å². The Labute approximate surface area is 198 Å². The number of nitrogens with one attached hydrogen (secondary N) is 2. The molecule has 2 N–H and O–H groups in total. The van der Waals surface area contributed by atoms with Gasteiger partial charge < -0.3 is 15.0 Å². The van der Waals surface area contributed by atoms with Crippen molar-refractivity contribution in [2.75, 3.05) is 36.5 Å². The molecular weight excluding hydrogens is 486 g/mol. The Morgan fingerprint density at radius 2 is 1.84 bits per heavy atom. The highest BCUT2D eigenvalue weighted by Crippen LogP contribution is 2.35. The molecule has 32 heavy (non-hydrogen) atoms. The summed E-state index contributed by atoms with van der Waals surface area (Å²) >= 11 is 17.0. The molecule has 0 unspecified atom stereocenters. The Balaban J connectivity index is 1.73. The number of hydrogen-bond acceptors (Lipinski definition) is 4. The molecule has 170 valence electrons. The Hall–Kier alpha value is -2.33. The van der Waals surface area contributed by atoms with Crippen LogP contribution in [-0.2, 0) is 15.7 Å². The predicted octanol–water partition coefficient (Wildman–Crippen LogP) is 5.38. The summed E-state index contributed by atoms with van der Waals surface area (Å²) in [5.41, 5.74) is 0.402. The van der Waals surface area contributed by atoms with E-state index < -0.39 is 17.6 Å². The molecule has 2 aromatic carbocycles. The molecule has 1 heterocycles. The van der Waals surface area contributed by atoms with Crippen molar-refractivity contribution in [1.82, 2.24) is 5.32 Å². The molecular formula is C21H18Cl2F3N3O2S. The van der Waals surface area contributed by atoms with Crippen LogP contribution in [0.1, 0.15) is 11.1 Å². The van der Waals surface area contributed by atoms with Crippen molar-refractivity contribution >= 4 is 63.9 Å². The van der Waals surface area contributed by atoms with Gasteiger partial charge in [-0.3, -0.25) is 10.1 Å². The molecule has 1 aliphatic heterocycles. The summed E-state index contributed by atoms with van der Waals surface area (Å²) in [7, 11) is 0. The lowest BCUT2D eigenvalue weighted by molar-refractivity contribution is -0.137. The first-order chi connectivity index (χ1) is 15.1.